The highest BCUT2D eigenvalue weighted by molar-refractivity contribution is 5.94. The molecule has 1 aliphatic carbocycles. The Morgan fingerprint density at radius 1 is 1.47 bits per heavy atom. The molecule has 2 heterocycles. The van der Waals surface area contributed by atoms with E-state index < -0.39 is 0 Å². The molecule has 0 spiro atoms. The van der Waals surface area contributed by atoms with Crippen LogP contribution in [0.15, 0.2) is 16.7 Å². The summed E-state index contributed by atoms with van der Waals surface area (Å²) in [6, 6.07) is 2.56. The van der Waals surface area contributed by atoms with Crippen molar-refractivity contribution in [2.75, 3.05) is 0 Å². The number of fused-ring (bicyclic) bond motifs is 1. The lowest BCUT2D eigenvalue weighted by Gasteiger charge is -2.33. The lowest BCUT2D eigenvalue weighted by Crippen LogP contribution is -2.42. The van der Waals surface area contributed by atoms with Crippen LogP contribution in [0.1, 0.15) is 55.1 Å². The smallest absolute Gasteiger partial charge is 0.257 e. The monoisotopic (exact) mass is 262 g/mol. The lowest BCUT2D eigenvalue weighted by molar-refractivity contribution is 0.0633. The Morgan fingerprint density at radius 2 is 2.26 bits per heavy atom. The van der Waals surface area contributed by atoms with E-state index in [2.05, 4.69) is 11.8 Å². The molecule has 0 radical (unpaired) electrons. The van der Waals surface area contributed by atoms with Gasteiger partial charge in [0, 0.05) is 12.1 Å². The molecule has 3 unspecified atom stereocenters. The first-order valence-corrected chi connectivity index (χ1v) is 7.31. The van der Waals surface area contributed by atoms with Crippen LogP contribution in [0, 0.1) is 5.92 Å². The van der Waals surface area contributed by atoms with E-state index >= 15 is 0 Å². The van der Waals surface area contributed by atoms with Gasteiger partial charge in [0.2, 0.25) is 0 Å². The zero-order valence-corrected chi connectivity index (χ0v) is 11.5. The minimum atomic E-state index is 0.116. The van der Waals surface area contributed by atoms with Crippen molar-refractivity contribution in [1.82, 2.24) is 4.90 Å². The molecule has 0 aromatic carbocycles. The van der Waals surface area contributed by atoms with Crippen molar-refractivity contribution in [3.05, 3.63) is 23.7 Å². The highest BCUT2D eigenvalue weighted by Crippen LogP contribution is 2.40. The van der Waals surface area contributed by atoms with E-state index in [9.17, 15) is 4.79 Å². The van der Waals surface area contributed by atoms with Gasteiger partial charge in [0.15, 0.2) is 0 Å². The third-order valence-electron chi connectivity index (χ3n) is 4.68. The number of nitrogens with zero attached hydrogens (tertiary/aromatic N) is 1. The molecule has 2 N–H and O–H groups in total. The van der Waals surface area contributed by atoms with Crippen LogP contribution in [0.25, 0.3) is 0 Å². The normalized spacial score (nSPS) is 30.4. The van der Waals surface area contributed by atoms with E-state index in [1.807, 2.05) is 0 Å². The predicted octanol–water partition coefficient (Wildman–Crippen LogP) is 2.53. The Hall–Kier alpha value is -1.29. The molecule has 1 saturated heterocycles. The summed E-state index contributed by atoms with van der Waals surface area (Å²) in [6.07, 6.45) is 7.70. The van der Waals surface area contributed by atoms with E-state index in [1.54, 1.807) is 12.3 Å². The molecule has 104 valence electrons. The first kappa shape index (κ1) is 12.7. The van der Waals surface area contributed by atoms with E-state index in [0.29, 0.717) is 35.9 Å². The molecular formula is C15H22N2O2. The van der Waals surface area contributed by atoms with Crippen LogP contribution >= 0.6 is 0 Å². The zero-order valence-electron chi connectivity index (χ0n) is 11.5. The number of carbonyl (C=O) groups excluding carboxylic acids is 1. The molecule has 2 aliphatic rings. The van der Waals surface area contributed by atoms with Gasteiger partial charge in [-0.1, -0.05) is 12.8 Å². The second-order valence-electron chi connectivity index (χ2n) is 5.91. The van der Waals surface area contributed by atoms with Gasteiger partial charge in [0.1, 0.15) is 12.0 Å². The molecule has 3 rings (SSSR count). The molecular weight excluding hydrogens is 240 g/mol. The Balaban J connectivity index is 1.81. The highest BCUT2D eigenvalue weighted by Gasteiger charge is 2.42. The number of likely N-dealkylation sites (tertiary alicyclic amines) is 1. The van der Waals surface area contributed by atoms with Gasteiger partial charge in [0.25, 0.3) is 5.91 Å². The summed E-state index contributed by atoms with van der Waals surface area (Å²) >= 11 is 0. The van der Waals surface area contributed by atoms with E-state index in [-0.39, 0.29) is 5.91 Å². The molecule has 1 saturated carbocycles. The minimum Gasteiger partial charge on any atom is -0.467 e. The number of carbonyl (C=O) groups is 1. The van der Waals surface area contributed by atoms with Gasteiger partial charge < -0.3 is 15.1 Å². The zero-order chi connectivity index (χ0) is 13.4. The largest absolute Gasteiger partial charge is 0.467 e. The quantitative estimate of drug-likeness (QED) is 0.891. The molecule has 3 atom stereocenters. The maximum atomic E-state index is 12.7. The van der Waals surface area contributed by atoms with Crippen LogP contribution in [0.3, 0.4) is 0 Å². The maximum absolute atomic E-state index is 12.7. The number of hydrogen-bond donors (Lipinski definition) is 1. The van der Waals surface area contributed by atoms with Crippen molar-refractivity contribution in [3.8, 4) is 0 Å². The third-order valence-corrected chi connectivity index (χ3v) is 4.68. The summed E-state index contributed by atoms with van der Waals surface area (Å²) in [5.74, 6) is 1.49. The summed E-state index contributed by atoms with van der Waals surface area (Å²) in [4.78, 5) is 14.8. The van der Waals surface area contributed by atoms with E-state index in [0.717, 1.165) is 12.8 Å². The van der Waals surface area contributed by atoms with Crippen LogP contribution in [0.2, 0.25) is 0 Å². The molecule has 1 aliphatic heterocycles. The number of amides is 1. The average Bonchev–Trinajstić information content (AvgIpc) is 3.01. The van der Waals surface area contributed by atoms with Crippen molar-refractivity contribution in [1.29, 1.82) is 0 Å². The molecule has 2 fully saturated rings. The molecule has 1 aromatic rings. The summed E-state index contributed by atoms with van der Waals surface area (Å²) in [6.45, 7) is 2.51. The van der Waals surface area contributed by atoms with Gasteiger partial charge in [-0.25, -0.2) is 0 Å². The molecule has 4 heteroatoms. The number of furan rings is 1. The van der Waals surface area contributed by atoms with Crippen molar-refractivity contribution in [3.63, 3.8) is 0 Å². The first-order chi connectivity index (χ1) is 9.20. The second-order valence-corrected chi connectivity index (χ2v) is 5.91. The number of rotatable bonds is 2. The molecule has 0 bridgehead atoms. The van der Waals surface area contributed by atoms with Crippen molar-refractivity contribution in [2.45, 2.75) is 57.7 Å². The van der Waals surface area contributed by atoms with Gasteiger partial charge in [-0.2, -0.15) is 0 Å². The Labute approximate surface area is 113 Å². The summed E-state index contributed by atoms with van der Waals surface area (Å²) in [5.41, 5.74) is 6.18. The summed E-state index contributed by atoms with van der Waals surface area (Å²) in [7, 11) is 0. The Morgan fingerprint density at radius 3 is 3.00 bits per heavy atom. The number of nitrogens with two attached hydrogens (primary N) is 1. The highest BCUT2D eigenvalue weighted by atomic mass is 16.3. The average molecular weight is 262 g/mol. The van der Waals surface area contributed by atoms with Gasteiger partial charge in [-0.05, 0) is 38.2 Å². The Bertz CT molecular complexity index is 468. The lowest BCUT2D eigenvalue weighted by atomic mass is 9.85. The third kappa shape index (κ3) is 2.18. The second kappa shape index (κ2) is 5.00. The molecule has 4 nitrogen and oxygen atoms in total. The molecule has 19 heavy (non-hydrogen) atoms. The van der Waals surface area contributed by atoms with Gasteiger partial charge in [-0.3, -0.25) is 4.79 Å². The summed E-state index contributed by atoms with van der Waals surface area (Å²) < 4.78 is 5.29. The number of hydrogen-bond acceptors (Lipinski definition) is 3. The van der Waals surface area contributed by atoms with Crippen LogP contribution < -0.4 is 5.73 Å². The fourth-order valence-corrected chi connectivity index (χ4v) is 3.81. The molecule has 1 amide bonds. The van der Waals surface area contributed by atoms with E-state index in [4.69, 9.17) is 10.2 Å². The van der Waals surface area contributed by atoms with E-state index in [1.165, 1.54) is 19.3 Å². The fourth-order valence-electron chi connectivity index (χ4n) is 3.81. The topological polar surface area (TPSA) is 59.5 Å². The van der Waals surface area contributed by atoms with Crippen molar-refractivity contribution < 1.29 is 9.21 Å². The van der Waals surface area contributed by atoms with Crippen LogP contribution in [0.5, 0.6) is 0 Å². The predicted molar refractivity (Wildman–Crippen MR) is 72.6 cm³/mol. The standard InChI is InChI=1S/C15H22N2O2/c1-10-6-11-4-2-3-5-14(11)17(10)15(18)12-7-13(8-16)19-9-12/h7,9-11,14H,2-6,8,16H2,1H3. The fraction of sp³-hybridized carbons (Fsp3) is 0.667. The van der Waals surface area contributed by atoms with Crippen molar-refractivity contribution in [2.24, 2.45) is 11.7 Å². The van der Waals surface area contributed by atoms with Crippen LogP contribution in [-0.2, 0) is 6.54 Å². The van der Waals surface area contributed by atoms with Crippen LogP contribution in [0.4, 0.5) is 0 Å². The Kier molecular flexibility index (Phi) is 3.35. The van der Waals surface area contributed by atoms with Crippen LogP contribution in [-0.4, -0.2) is 22.9 Å². The summed E-state index contributed by atoms with van der Waals surface area (Å²) in [5, 5.41) is 0. The van der Waals surface area contributed by atoms with Gasteiger partial charge in [0.05, 0.1) is 12.1 Å². The van der Waals surface area contributed by atoms with Crippen molar-refractivity contribution >= 4 is 5.91 Å². The maximum Gasteiger partial charge on any atom is 0.257 e. The minimum absolute atomic E-state index is 0.116. The SMILES string of the molecule is CC1CC2CCCCC2N1C(=O)c1coc(CN)c1. The van der Waals surface area contributed by atoms with Gasteiger partial charge >= 0.3 is 0 Å². The van der Waals surface area contributed by atoms with Gasteiger partial charge in [-0.15, -0.1) is 0 Å². The first-order valence-electron chi connectivity index (χ1n) is 7.31. The molecule has 1 aromatic heterocycles.